The highest BCUT2D eigenvalue weighted by Gasteiger charge is 2.38. The minimum absolute atomic E-state index is 0.0220. The molecule has 0 saturated carbocycles. The van der Waals surface area contributed by atoms with Crippen LogP contribution in [0.2, 0.25) is 0 Å². The smallest absolute Gasteiger partial charge is 0.226 e. The SMILES string of the molecule is C[C@@H](CC(=O)NC1CC(C)(C)NC(C)(C)C1)C(=O)N1CCN(C(c2ccccc2)c2ccccc2)CC1. The van der Waals surface area contributed by atoms with Crippen LogP contribution in [0, 0.1) is 5.92 Å². The Morgan fingerprint density at radius 3 is 1.84 bits per heavy atom. The number of hydrogen-bond acceptors (Lipinski definition) is 4. The molecular formula is C31H44N4O2. The van der Waals surface area contributed by atoms with Gasteiger partial charge in [0.25, 0.3) is 0 Å². The molecule has 1 atom stereocenters. The second-order valence-corrected chi connectivity index (χ2v) is 12.3. The molecule has 200 valence electrons. The normalized spacial score (nSPS) is 21.0. The molecule has 6 heteroatoms. The van der Waals surface area contributed by atoms with Crippen LogP contribution < -0.4 is 10.6 Å². The van der Waals surface area contributed by atoms with E-state index in [1.807, 2.05) is 24.0 Å². The Balaban J connectivity index is 1.32. The lowest BCUT2D eigenvalue weighted by Crippen LogP contribution is -2.62. The molecule has 2 aromatic carbocycles. The zero-order valence-electron chi connectivity index (χ0n) is 23.2. The summed E-state index contributed by atoms with van der Waals surface area (Å²) in [6.07, 6.45) is 2.01. The number of benzene rings is 2. The number of carbonyl (C=O) groups excluding carboxylic acids is 2. The van der Waals surface area contributed by atoms with Gasteiger partial charge < -0.3 is 15.5 Å². The van der Waals surface area contributed by atoms with Crippen molar-refractivity contribution in [1.29, 1.82) is 0 Å². The Morgan fingerprint density at radius 1 is 0.865 bits per heavy atom. The van der Waals surface area contributed by atoms with Gasteiger partial charge in [0.05, 0.1) is 6.04 Å². The molecule has 2 N–H and O–H groups in total. The maximum atomic E-state index is 13.3. The molecule has 0 aliphatic carbocycles. The molecule has 2 aliphatic rings. The summed E-state index contributed by atoms with van der Waals surface area (Å²) in [6.45, 7) is 13.6. The molecule has 2 aromatic rings. The fourth-order valence-corrected chi connectivity index (χ4v) is 6.47. The summed E-state index contributed by atoms with van der Waals surface area (Å²) in [5, 5.41) is 6.87. The van der Waals surface area contributed by atoms with E-state index >= 15 is 0 Å². The van der Waals surface area contributed by atoms with E-state index in [1.54, 1.807) is 0 Å². The zero-order valence-corrected chi connectivity index (χ0v) is 23.2. The first-order valence-corrected chi connectivity index (χ1v) is 13.7. The number of piperazine rings is 1. The predicted octanol–water partition coefficient (Wildman–Crippen LogP) is 4.37. The van der Waals surface area contributed by atoms with Gasteiger partial charge in [0, 0.05) is 55.6 Å². The van der Waals surface area contributed by atoms with Crippen molar-refractivity contribution in [2.24, 2.45) is 5.92 Å². The van der Waals surface area contributed by atoms with Crippen LogP contribution in [0.3, 0.4) is 0 Å². The summed E-state index contributed by atoms with van der Waals surface area (Å²) in [5.41, 5.74) is 2.47. The van der Waals surface area contributed by atoms with Gasteiger partial charge in [-0.25, -0.2) is 0 Å². The molecule has 2 fully saturated rings. The molecule has 2 aliphatic heterocycles. The van der Waals surface area contributed by atoms with Gasteiger partial charge in [-0.2, -0.15) is 0 Å². The number of amides is 2. The van der Waals surface area contributed by atoms with E-state index in [0.29, 0.717) is 13.1 Å². The minimum Gasteiger partial charge on any atom is -0.353 e. The average molecular weight is 505 g/mol. The molecule has 0 unspecified atom stereocenters. The summed E-state index contributed by atoms with van der Waals surface area (Å²) < 4.78 is 0. The van der Waals surface area contributed by atoms with Crippen molar-refractivity contribution in [1.82, 2.24) is 20.4 Å². The van der Waals surface area contributed by atoms with Crippen molar-refractivity contribution in [2.45, 2.75) is 77.0 Å². The summed E-state index contributed by atoms with van der Waals surface area (Å²) in [6, 6.07) is 21.5. The fourth-order valence-electron chi connectivity index (χ4n) is 6.47. The number of carbonyl (C=O) groups is 2. The van der Waals surface area contributed by atoms with Crippen LogP contribution in [-0.2, 0) is 9.59 Å². The van der Waals surface area contributed by atoms with Gasteiger partial charge in [-0.1, -0.05) is 67.6 Å². The number of piperidine rings is 1. The van der Waals surface area contributed by atoms with Crippen molar-refractivity contribution in [3.8, 4) is 0 Å². The topological polar surface area (TPSA) is 64.7 Å². The highest BCUT2D eigenvalue weighted by molar-refractivity contribution is 5.85. The van der Waals surface area contributed by atoms with Crippen LogP contribution in [0.1, 0.15) is 71.0 Å². The van der Waals surface area contributed by atoms with Gasteiger partial charge in [-0.3, -0.25) is 14.5 Å². The summed E-state index contributed by atoms with van der Waals surface area (Å²) in [5.74, 6) is -0.267. The largest absolute Gasteiger partial charge is 0.353 e. The molecule has 0 spiro atoms. The summed E-state index contributed by atoms with van der Waals surface area (Å²) in [4.78, 5) is 30.5. The third-order valence-electron chi connectivity index (χ3n) is 7.69. The molecule has 0 aromatic heterocycles. The average Bonchev–Trinajstić information content (AvgIpc) is 2.83. The lowest BCUT2D eigenvalue weighted by Gasteiger charge is -2.46. The molecule has 6 nitrogen and oxygen atoms in total. The van der Waals surface area contributed by atoms with Crippen LogP contribution in [0.4, 0.5) is 0 Å². The van der Waals surface area contributed by atoms with Gasteiger partial charge in [-0.05, 0) is 51.7 Å². The summed E-state index contributed by atoms with van der Waals surface area (Å²) in [7, 11) is 0. The lowest BCUT2D eigenvalue weighted by atomic mass is 9.79. The first kappa shape index (κ1) is 27.3. The standard InChI is InChI=1S/C31H44N4O2/c1-23(20-27(36)32-26-21-30(2,3)33-31(4,5)22-26)29(37)35-18-16-34(17-19-35)28(24-12-8-6-9-13-24)25-14-10-7-11-15-25/h6-15,23,26,28,33H,16-22H2,1-5H3,(H,32,36)/t23-/m0/s1. The first-order valence-electron chi connectivity index (χ1n) is 13.7. The molecule has 0 radical (unpaired) electrons. The highest BCUT2D eigenvalue weighted by atomic mass is 16.2. The quantitative estimate of drug-likeness (QED) is 0.588. The second kappa shape index (κ2) is 11.4. The minimum atomic E-state index is -0.326. The summed E-state index contributed by atoms with van der Waals surface area (Å²) >= 11 is 0. The van der Waals surface area contributed by atoms with E-state index in [1.165, 1.54) is 11.1 Å². The monoisotopic (exact) mass is 504 g/mol. The predicted molar refractivity (Wildman–Crippen MR) is 149 cm³/mol. The van der Waals surface area contributed by atoms with E-state index < -0.39 is 0 Å². The molecular weight excluding hydrogens is 460 g/mol. The number of nitrogens with zero attached hydrogens (tertiary/aromatic N) is 2. The molecule has 2 amide bonds. The molecule has 4 rings (SSSR count). The van der Waals surface area contributed by atoms with Crippen molar-refractivity contribution in [3.05, 3.63) is 71.8 Å². The van der Waals surface area contributed by atoms with Crippen LogP contribution in [0.15, 0.2) is 60.7 Å². The lowest BCUT2D eigenvalue weighted by molar-refractivity contribution is -0.139. The van der Waals surface area contributed by atoms with E-state index in [4.69, 9.17) is 0 Å². The van der Waals surface area contributed by atoms with E-state index in [9.17, 15) is 9.59 Å². The van der Waals surface area contributed by atoms with Crippen molar-refractivity contribution in [3.63, 3.8) is 0 Å². The Hall–Kier alpha value is -2.70. The van der Waals surface area contributed by atoms with Crippen LogP contribution in [0.25, 0.3) is 0 Å². The Morgan fingerprint density at radius 2 is 1.35 bits per heavy atom. The second-order valence-electron chi connectivity index (χ2n) is 12.3. The molecule has 2 heterocycles. The Kier molecular flexibility index (Phi) is 8.39. The molecule has 37 heavy (non-hydrogen) atoms. The third-order valence-corrected chi connectivity index (χ3v) is 7.69. The van der Waals surface area contributed by atoms with Crippen molar-refractivity contribution < 1.29 is 9.59 Å². The zero-order chi connectivity index (χ0) is 26.6. The maximum Gasteiger partial charge on any atom is 0.226 e. The van der Waals surface area contributed by atoms with E-state index in [2.05, 4.69) is 91.8 Å². The van der Waals surface area contributed by atoms with Gasteiger partial charge in [0.1, 0.15) is 0 Å². The van der Waals surface area contributed by atoms with E-state index in [-0.39, 0.29) is 47.3 Å². The first-order chi connectivity index (χ1) is 17.5. The fraction of sp³-hybridized carbons (Fsp3) is 0.548. The van der Waals surface area contributed by atoms with E-state index in [0.717, 1.165) is 25.9 Å². The molecule has 0 bridgehead atoms. The van der Waals surface area contributed by atoms with Crippen molar-refractivity contribution >= 4 is 11.8 Å². The Labute approximate surface area is 222 Å². The van der Waals surface area contributed by atoms with Gasteiger partial charge >= 0.3 is 0 Å². The van der Waals surface area contributed by atoms with Crippen molar-refractivity contribution in [2.75, 3.05) is 26.2 Å². The van der Waals surface area contributed by atoms with Gasteiger partial charge in [0.2, 0.25) is 11.8 Å². The number of rotatable bonds is 7. The van der Waals surface area contributed by atoms with Gasteiger partial charge in [-0.15, -0.1) is 0 Å². The Bertz CT molecular complexity index is 990. The third kappa shape index (κ3) is 7.20. The van der Waals surface area contributed by atoms with Gasteiger partial charge in [0.15, 0.2) is 0 Å². The van der Waals surface area contributed by atoms with Crippen LogP contribution in [-0.4, -0.2) is 64.9 Å². The molecule has 2 saturated heterocycles. The highest BCUT2D eigenvalue weighted by Crippen LogP contribution is 2.30. The maximum absolute atomic E-state index is 13.3. The van der Waals surface area contributed by atoms with Crippen LogP contribution in [0.5, 0.6) is 0 Å². The number of nitrogens with one attached hydrogen (secondary N) is 2. The number of hydrogen-bond donors (Lipinski definition) is 2. The van der Waals surface area contributed by atoms with Crippen LogP contribution >= 0.6 is 0 Å².